The minimum Gasteiger partial charge on any atom is -0.478 e. The standard InChI is InChI=1S/C17H20N2O3/c1-11(20)18-14-6-7-16(15(8-14)17(21)22)19-9-12-4-2-3-5-13(12)10-19/h2-3,6-8,12-13H,4-5,9-10H2,1H3,(H,18,20)(H,21,22). The van der Waals surface area contributed by atoms with Crippen LogP contribution in [0.5, 0.6) is 0 Å². The van der Waals surface area contributed by atoms with Gasteiger partial charge in [0.15, 0.2) is 0 Å². The Labute approximate surface area is 129 Å². The van der Waals surface area contributed by atoms with Gasteiger partial charge in [-0.15, -0.1) is 0 Å². The van der Waals surface area contributed by atoms with Crippen molar-refractivity contribution < 1.29 is 14.7 Å². The van der Waals surface area contributed by atoms with E-state index in [-0.39, 0.29) is 11.5 Å². The molecule has 1 aliphatic heterocycles. The van der Waals surface area contributed by atoms with Crippen molar-refractivity contribution in [3.8, 4) is 0 Å². The molecule has 0 spiro atoms. The van der Waals surface area contributed by atoms with E-state index in [4.69, 9.17) is 0 Å². The van der Waals surface area contributed by atoms with Crippen molar-refractivity contribution >= 4 is 23.3 Å². The maximum atomic E-state index is 11.6. The number of benzene rings is 1. The van der Waals surface area contributed by atoms with Crippen LogP contribution in [0.25, 0.3) is 0 Å². The summed E-state index contributed by atoms with van der Waals surface area (Å²) in [6, 6.07) is 5.11. The highest BCUT2D eigenvalue weighted by Gasteiger charge is 2.34. The molecule has 1 aromatic rings. The maximum absolute atomic E-state index is 11.6. The topological polar surface area (TPSA) is 69.6 Å². The van der Waals surface area contributed by atoms with Crippen LogP contribution in [0.15, 0.2) is 30.4 Å². The molecule has 1 aromatic carbocycles. The smallest absolute Gasteiger partial charge is 0.337 e. The third-order valence-electron chi connectivity index (χ3n) is 4.51. The van der Waals surface area contributed by atoms with Gasteiger partial charge < -0.3 is 15.3 Å². The Morgan fingerprint density at radius 1 is 1.18 bits per heavy atom. The first-order valence-corrected chi connectivity index (χ1v) is 7.59. The zero-order chi connectivity index (χ0) is 15.7. The molecular formula is C17H20N2O3. The largest absolute Gasteiger partial charge is 0.478 e. The van der Waals surface area contributed by atoms with E-state index in [0.717, 1.165) is 31.6 Å². The fraction of sp³-hybridized carbons (Fsp3) is 0.412. The first-order valence-electron chi connectivity index (χ1n) is 7.59. The van der Waals surface area contributed by atoms with Crippen LogP contribution in [0.4, 0.5) is 11.4 Å². The van der Waals surface area contributed by atoms with Crippen LogP contribution >= 0.6 is 0 Å². The van der Waals surface area contributed by atoms with Crippen molar-refractivity contribution in [2.24, 2.45) is 11.8 Å². The fourth-order valence-electron chi connectivity index (χ4n) is 3.48. The first-order chi connectivity index (χ1) is 10.5. The number of carbonyl (C=O) groups is 2. The number of nitrogens with one attached hydrogen (secondary N) is 1. The Kier molecular flexibility index (Phi) is 3.88. The highest BCUT2D eigenvalue weighted by molar-refractivity contribution is 5.97. The van der Waals surface area contributed by atoms with Crippen molar-refractivity contribution in [2.45, 2.75) is 19.8 Å². The average Bonchev–Trinajstić information content (AvgIpc) is 2.90. The first kappa shape index (κ1) is 14.6. The number of carboxylic acids is 1. The molecule has 1 fully saturated rings. The van der Waals surface area contributed by atoms with E-state index in [0.29, 0.717) is 17.5 Å². The second-order valence-corrected chi connectivity index (χ2v) is 6.09. The molecule has 0 radical (unpaired) electrons. The van der Waals surface area contributed by atoms with Gasteiger partial charge in [0.2, 0.25) is 5.91 Å². The van der Waals surface area contributed by atoms with Crippen molar-refractivity contribution in [3.63, 3.8) is 0 Å². The van der Waals surface area contributed by atoms with Crippen LogP contribution < -0.4 is 10.2 Å². The molecule has 0 bridgehead atoms. The number of rotatable bonds is 3. The molecule has 1 saturated heterocycles. The predicted molar refractivity (Wildman–Crippen MR) is 85.3 cm³/mol. The van der Waals surface area contributed by atoms with Gasteiger partial charge in [-0.1, -0.05) is 12.2 Å². The highest BCUT2D eigenvalue weighted by Crippen LogP contribution is 2.37. The molecule has 0 saturated carbocycles. The molecule has 1 heterocycles. The van der Waals surface area contributed by atoms with Gasteiger partial charge >= 0.3 is 5.97 Å². The summed E-state index contributed by atoms with van der Waals surface area (Å²) in [5, 5.41) is 12.1. The quantitative estimate of drug-likeness (QED) is 0.842. The van der Waals surface area contributed by atoms with Gasteiger partial charge in [0.1, 0.15) is 0 Å². The van der Waals surface area contributed by atoms with Crippen molar-refractivity contribution in [3.05, 3.63) is 35.9 Å². The molecule has 116 valence electrons. The number of allylic oxidation sites excluding steroid dienone is 2. The second kappa shape index (κ2) is 5.83. The highest BCUT2D eigenvalue weighted by atomic mass is 16.4. The zero-order valence-electron chi connectivity index (χ0n) is 12.6. The fourth-order valence-corrected chi connectivity index (χ4v) is 3.48. The molecule has 22 heavy (non-hydrogen) atoms. The minimum atomic E-state index is -0.963. The van der Waals surface area contributed by atoms with Crippen LogP contribution in [-0.4, -0.2) is 30.1 Å². The number of nitrogens with zero attached hydrogens (tertiary/aromatic N) is 1. The number of aromatic carboxylic acids is 1. The van der Waals surface area contributed by atoms with Crippen LogP contribution in [0.1, 0.15) is 30.1 Å². The number of fused-ring (bicyclic) bond motifs is 1. The second-order valence-electron chi connectivity index (χ2n) is 6.09. The average molecular weight is 300 g/mol. The van der Waals surface area contributed by atoms with Gasteiger partial charge in [0.25, 0.3) is 0 Å². The zero-order valence-corrected chi connectivity index (χ0v) is 12.6. The third kappa shape index (κ3) is 2.84. The maximum Gasteiger partial charge on any atom is 0.337 e. The summed E-state index contributed by atoms with van der Waals surface area (Å²) in [7, 11) is 0. The van der Waals surface area contributed by atoms with Crippen LogP contribution in [0.3, 0.4) is 0 Å². The monoisotopic (exact) mass is 300 g/mol. The Bertz CT molecular complexity index is 623. The van der Waals surface area contributed by atoms with Crippen molar-refractivity contribution in [1.29, 1.82) is 0 Å². The third-order valence-corrected chi connectivity index (χ3v) is 4.51. The molecule has 1 amide bonds. The number of amides is 1. The molecular weight excluding hydrogens is 280 g/mol. The van der Waals surface area contributed by atoms with Gasteiger partial charge in [0, 0.05) is 25.7 Å². The molecule has 5 heteroatoms. The Morgan fingerprint density at radius 3 is 2.36 bits per heavy atom. The van der Waals surface area contributed by atoms with Crippen LogP contribution in [0, 0.1) is 11.8 Å². The molecule has 2 N–H and O–H groups in total. The number of hydrogen-bond donors (Lipinski definition) is 2. The van der Waals surface area contributed by atoms with E-state index in [2.05, 4.69) is 22.4 Å². The van der Waals surface area contributed by atoms with E-state index in [1.165, 1.54) is 6.92 Å². The van der Waals surface area contributed by atoms with Gasteiger partial charge in [0.05, 0.1) is 11.3 Å². The summed E-state index contributed by atoms with van der Waals surface area (Å²) >= 11 is 0. The summed E-state index contributed by atoms with van der Waals surface area (Å²) < 4.78 is 0. The Balaban J connectivity index is 1.87. The van der Waals surface area contributed by atoms with E-state index in [1.54, 1.807) is 18.2 Å². The van der Waals surface area contributed by atoms with Gasteiger partial charge in [-0.2, -0.15) is 0 Å². The predicted octanol–water partition coefficient (Wildman–Crippen LogP) is 2.75. The van der Waals surface area contributed by atoms with Gasteiger partial charge in [-0.05, 0) is 42.9 Å². The van der Waals surface area contributed by atoms with Gasteiger partial charge in [-0.25, -0.2) is 4.79 Å². The summed E-state index contributed by atoms with van der Waals surface area (Å²) in [5.41, 5.74) is 1.51. The van der Waals surface area contributed by atoms with Crippen molar-refractivity contribution in [2.75, 3.05) is 23.3 Å². The number of hydrogen-bond acceptors (Lipinski definition) is 3. The van der Waals surface area contributed by atoms with Crippen LogP contribution in [0.2, 0.25) is 0 Å². The SMILES string of the molecule is CC(=O)Nc1ccc(N2CC3CC=CCC3C2)c(C(=O)O)c1. The lowest BCUT2D eigenvalue weighted by molar-refractivity contribution is -0.114. The minimum absolute atomic E-state index is 0.206. The molecule has 5 nitrogen and oxygen atoms in total. The molecule has 2 atom stereocenters. The molecule has 2 aliphatic rings. The Hall–Kier alpha value is -2.30. The van der Waals surface area contributed by atoms with E-state index in [9.17, 15) is 14.7 Å². The van der Waals surface area contributed by atoms with Crippen LogP contribution in [-0.2, 0) is 4.79 Å². The summed E-state index contributed by atoms with van der Waals surface area (Å²) in [6.07, 6.45) is 6.60. The summed E-state index contributed by atoms with van der Waals surface area (Å²) in [5.74, 6) is 0.0564. The number of carboxylic acid groups (broad SMARTS) is 1. The lowest BCUT2D eigenvalue weighted by Crippen LogP contribution is -2.22. The number of anilines is 2. The van der Waals surface area contributed by atoms with E-state index >= 15 is 0 Å². The number of carbonyl (C=O) groups excluding carboxylic acids is 1. The molecule has 1 aliphatic carbocycles. The lowest BCUT2D eigenvalue weighted by Gasteiger charge is -2.21. The molecule has 0 aromatic heterocycles. The van der Waals surface area contributed by atoms with E-state index in [1.807, 2.05) is 0 Å². The van der Waals surface area contributed by atoms with E-state index < -0.39 is 5.97 Å². The molecule has 2 unspecified atom stereocenters. The summed E-state index contributed by atoms with van der Waals surface area (Å²) in [4.78, 5) is 24.9. The van der Waals surface area contributed by atoms with Crippen molar-refractivity contribution in [1.82, 2.24) is 0 Å². The normalized spacial score (nSPS) is 23.2. The molecule has 3 rings (SSSR count). The van der Waals surface area contributed by atoms with Gasteiger partial charge in [-0.3, -0.25) is 4.79 Å². The Morgan fingerprint density at radius 2 is 1.82 bits per heavy atom. The summed E-state index contributed by atoms with van der Waals surface area (Å²) in [6.45, 7) is 3.20. The lowest BCUT2D eigenvalue weighted by atomic mass is 9.86.